The fraction of sp³-hybridized carbons (Fsp3) is 0.867. The first kappa shape index (κ1) is 15.3. The number of likely N-dealkylation sites (tertiary alicyclic amines) is 1. The van der Waals surface area contributed by atoms with Gasteiger partial charge in [-0.05, 0) is 31.6 Å². The molecule has 2 atom stereocenters. The third kappa shape index (κ3) is 3.95. The molecule has 0 aromatic heterocycles. The Balaban J connectivity index is 1.85. The first-order valence-corrected chi connectivity index (χ1v) is 7.84. The molecule has 5 heteroatoms. The molecule has 0 aromatic rings. The van der Waals surface area contributed by atoms with E-state index in [2.05, 4.69) is 0 Å². The maximum atomic E-state index is 12.6. The number of nitrogens with two attached hydrogens (primary N) is 1. The SMILES string of the molecule is NC1CCCCCC1C(=O)N1CCC(CC(=O)O)CC1. The highest BCUT2D eigenvalue weighted by atomic mass is 16.4. The van der Waals surface area contributed by atoms with E-state index in [1.807, 2.05) is 4.90 Å². The number of carbonyl (C=O) groups excluding carboxylic acids is 1. The van der Waals surface area contributed by atoms with Gasteiger partial charge in [-0.25, -0.2) is 0 Å². The van der Waals surface area contributed by atoms with Crippen molar-refractivity contribution in [1.82, 2.24) is 4.90 Å². The average molecular weight is 282 g/mol. The van der Waals surface area contributed by atoms with E-state index in [0.29, 0.717) is 13.1 Å². The summed E-state index contributed by atoms with van der Waals surface area (Å²) in [6, 6.07) is 0.00161. The van der Waals surface area contributed by atoms with E-state index in [-0.39, 0.29) is 30.2 Å². The summed E-state index contributed by atoms with van der Waals surface area (Å²) in [7, 11) is 0. The fourth-order valence-electron chi connectivity index (χ4n) is 3.48. The average Bonchev–Trinajstić information content (AvgIpc) is 2.63. The van der Waals surface area contributed by atoms with Crippen LogP contribution in [-0.4, -0.2) is 41.0 Å². The van der Waals surface area contributed by atoms with Crippen LogP contribution in [0.3, 0.4) is 0 Å². The van der Waals surface area contributed by atoms with Gasteiger partial charge in [0.15, 0.2) is 0 Å². The van der Waals surface area contributed by atoms with Gasteiger partial charge >= 0.3 is 5.97 Å². The third-order valence-corrected chi connectivity index (χ3v) is 4.78. The molecule has 20 heavy (non-hydrogen) atoms. The van der Waals surface area contributed by atoms with E-state index in [1.165, 1.54) is 6.42 Å². The molecule has 2 rings (SSSR count). The van der Waals surface area contributed by atoms with Gasteiger partial charge in [0.2, 0.25) is 5.91 Å². The minimum absolute atomic E-state index is 0.00161. The van der Waals surface area contributed by atoms with E-state index in [9.17, 15) is 9.59 Å². The molecule has 0 spiro atoms. The summed E-state index contributed by atoms with van der Waals surface area (Å²) >= 11 is 0. The first-order chi connectivity index (χ1) is 9.58. The zero-order valence-corrected chi connectivity index (χ0v) is 12.1. The maximum absolute atomic E-state index is 12.6. The van der Waals surface area contributed by atoms with Crippen LogP contribution in [0.5, 0.6) is 0 Å². The molecule has 2 fully saturated rings. The summed E-state index contributed by atoms with van der Waals surface area (Å²) in [5, 5.41) is 8.81. The monoisotopic (exact) mass is 282 g/mol. The first-order valence-electron chi connectivity index (χ1n) is 7.84. The van der Waals surface area contributed by atoms with Crippen LogP contribution in [0.25, 0.3) is 0 Å². The van der Waals surface area contributed by atoms with Gasteiger partial charge in [-0.1, -0.05) is 19.3 Å². The normalized spacial score (nSPS) is 28.9. The quantitative estimate of drug-likeness (QED) is 0.770. The third-order valence-electron chi connectivity index (χ3n) is 4.78. The second-order valence-electron chi connectivity index (χ2n) is 6.27. The number of nitrogens with zero attached hydrogens (tertiary/aromatic N) is 1. The summed E-state index contributed by atoms with van der Waals surface area (Å²) in [6.45, 7) is 1.39. The molecule has 1 saturated heterocycles. The van der Waals surface area contributed by atoms with Crippen LogP contribution < -0.4 is 5.73 Å². The standard InChI is InChI=1S/C15H26N2O3/c16-13-5-3-1-2-4-12(13)15(20)17-8-6-11(7-9-17)10-14(18)19/h11-13H,1-10,16H2,(H,18,19). The lowest BCUT2D eigenvalue weighted by Crippen LogP contribution is -2.47. The van der Waals surface area contributed by atoms with Crippen molar-refractivity contribution in [1.29, 1.82) is 0 Å². The van der Waals surface area contributed by atoms with Crippen molar-refractivity contribution in [3.8, 4) is 0 Å². The van der Waals surface area contributed by atoms with E-state index >= 15 is 0 Å². The number of hydrogen-bond acceptors (Lipinski definition) is 3. The van der Waals surface area contributed by atoms with Crippen LogP contribution in [-0.2, 0) is 9.59 Å². The number of carbonyl (C=O) groups is 2. The predicted octanol–water partition coefficient (Wildman–Crippen LogP) is 1.61. The van der Waals surface area contributed by atoms with Gasteiger partial charge in [-0.2, -0.15) is 0 Å². The number of amides is 1. The van der Waals surface area contributed by atoms with E-state index < -0.39 is 5.97 Å². The minimum Gasteiger partial charge on any atom is -0.481 e. The summed E-state index contributed by atoms with van der Waals surface area (Å²) < 4.78 is 0. The van der Waals surface area contributed by atoms with Crippen molar-refractivity contribution in [3.63, 3.8) is 0 Å². The number of carboxylic acid groups (broad SMARTS) is 1. The molecule has 0 radical (unpaired) electrons. The topological polar surface area (TPSA) is 83.6 Å². The van der Waals surface area contributed by atoms with Crippen LogP contribution >= 0.6 is 0 Å². The van der Waals surface area contributed by atoms with E-state index in [1.54, 1.807) is 0 Å². The van der Waals surface area contributed by atoms with Crippen molar-refractivity contribution in [3.05, 3.63) is 0 Å². The molecule has 1 aliphatic heterocycles. The molecule has 5 nitrogen and oxygen atoms in total. The highest BCUT2D eigenvalue weighted by molar-refractivity contribution is 5.79. The summed E-state index contributed by atoms with van der Waals surface area (Å²) in [5.74, 6) is -0.332. The van der Waals surface area contributed by atoms with E-state index in [4.69, 9.17) is 10.8 Å². The number of hydrogen-bond donors (Lipinski definition) is 2. The second kappa shape index (κ2) is 7.07. The van der Waals surface area contributed by atoms with E-state index in [0.717, 1.165) is 38.5 Å². The Morgan fingerprint density at radius 3 is 2.35 bits per heavy atom. The Kier molecular flexibility index (Phi) is 5.40. The molecule has 1 saturated carbocycles. The largest absolute Gasteiger partial charge is 0.481 e. The Bertz CT molecular complexity index is 351. The number of carboxylic acids is 1. The van der Waals surface area contributed by atoms with Crippen molar-refractivity contribution in [2.75, 3.05) is 13.1 Å². The highest BCUT2D eigenvalue weighted by Crippen LogP contribution is 2.27. The van der Waals surface area contributed by atoms with Gasteiger partial charge < -0.3 is 15.7 Å². The Labute approximate surface area is 120 Å². The second-order valence-corrected chi connectivity index (χ2v) is 6.27. The summed E-state index contributed by atoms with van der Waals surface area (Å²) in [5.41, 5.74) is 6.15. The Morgan fingerprint density at radius 1 is 1.05 bits per heavy atom. The molecule has 2 unspecified atom stereocenters. The van der Waals surface area contributed by atoms with Gasteiger partial charge in [0.05, 0.1) is 5.92 Å². The van der Waals surface area contributed by atoms with Crippen LogP contribution in [0.1, 0.15) is 51.4 Å². The van der Waals surface area contributed by atoms with Gasteiger partial charge in [0.25, 0.3) is 0 Å². The zero-order chi connectivity index (χ0) is 14.5. The van der Waals surface area contributed by atoms with Crippen LogP contribution in [0.15, 0.2) is 0 Å². The van der Waals surface area contributed by atoms with Gasteiger partial charge in [-0.15, -0.1) is 0 Å². The molecular weight excluding hydrogens is 256 g/mol. The lowest BCUT2D eigenvalue weighted by molar-refractivity contribution is -0.139. The van der Waals surface area contributed by atoms with Crippen molar-refractivity contribution in [2.45, 2.75) is 57.4 Å². The highest BCUT2D eigenvalue weighted by Gasteiger charge is 2.32. The van der Waals surface area contributed by atoms with Crippen molar-refractivity contribution < 1.29 is 14.7 Å². The van der Waals surface area contributed by atoms with Crippen molar-refractivity contribution >= 4 is 11.9 Å². The molecule has 3 N–H and O–H groups in total. The molecule has 0 aromatic carbocycles. The van der Waals surface area contributed by atoms with Crippen molar-refractivity contribution in [2.24, 2.45) is 17.6 Å². The van der Waals surface area contributed by atoms with Gasteiger partial charge in [-0.3, -0.25) is 9.59 Å². The summed E-state index contributed by atoms with van der Waals surface area (Å²) in [6.07, 6.45) is 7.11. The van der Waals surface area contributed by atoms with Gasteiger partial charge in [0, 0.05) is 25.6 Å². The smallest absolute Gasteiger partial charge is 0.303 e. The van der Waals surface area contributed by atoms with Gasteiger partial charge in [0.1, 0.15) is 0 Å². The van der Waals surface area contributed by atoms with Crippen LogP contribution in [0.2, 0.25) is 0 Å². The fourth-order valence-corrected chi connectivity index (χ4v) is 3.48. The van der Waals surface area contributed by atoms with Crippen LogP contribution in [0, 0.1) is 11.8 Å². The molecule has 1 heterocycles. The maximum Gasteiger partial charge on any atom is 0.303 e. The Hall–Kier alpha value is -1.10. The Morgan fingerprint density at radius 2 is 1.70 bits per heavy atom. The molecule has 114 valence electrons. The molecule has 0 bridgehead atoms. The minimum atomic E-state index is -0.736. The lowest BCUT2D eigenvalue weighted by atomic mass is 9.90. The number of aliphatic carboxylic acids is 1. The molecule has 2 aliphatic rings. The lowest BCUT2D eigenvalue weighted by Gasteiger charge is -2.35. The molecule has 1 aliphatic carbocycles. The number of piperidine rings is 1. The number of rotatable bonds is 3. The molecular formula is C15H26N2O3. The molecule has 1 amide bonds. The summed E-state index contributed by atoms with van der Waals surface area (Å²) in [4.78, 5) is 25.2. The predicted molar refractivity (Wildman–Crippen MR) is 76.1 cm³/mol. The zero-order valence-electron chi connectivity index (χ0n) is 12.1. The van der Waals surface area contributed by atoms with Crippen LogP contribution in [0.4, 0.5) is 0 Å².